The monoisotopic (exact) mass is 906 g/mol. The zero-order valence-electron chi connectivity index (χ0n) is 41.6. The van der Waals surface area contributed by atoms with Crippen molar-refractivity contribution in [1.82, 2.24) is 9.38 Å². The average molecular weight is 906 g/mol. The Morgan fingerprint density at radius 1 is 0.559 bits per heavy atom. The third-order valence-corrected chi connectivity index (χ3v) is 15.2. The number of nitrogens with zero attached hydrogens (tertiary/aromatic N) is 3. The molecule has 7 nitrogen and oxygen atoms in total. The van der Waals surface area contributed by atoms with Gasteiger partial charge in [-0.3, -0.25) is 18.8 Å². The molecule has 350 valence electrons. The van der Waals surface area contributed by atoms with E-state index in [0.717, 1.165) is 122 Å². The largest absolute Gasteiger partial charge is 0.493 e. The quantitative estimate of drug-likeness (QED) is 0.0349. The number of unbranched alkanes of at least 4 members (excludes halogenated alkanes) is 9. The number of hydrogen-bond acceptors (Lipinski definition) is 5. The highest BCUT2D eigenvalue weighted by Crippen LogP contribution is 2.51. The Morgan fingerprint density at radius 2 is 1.15 bits per heavy atom. The van der Waals surface area contributed by atoms with Gasteiger partial charge in [-0.05, 0) is 137 Å². The van der Waals surface area contributed by atoms with Crippen LogP contribution in [-0.2, 0) is 12.8 Å². The normalized spacial score (nSPS) is 13.4. The summed E-state index contributed by atoms with van der Waals surface area (Å²) in [6.45, 7) is 17.8. The fraction of sp³-hybridized carbons (Fsp3) is 0.410. The van der Waals surface area contributed by atoms with E-state index in [1.807, 2.05) is 40.8 Å². The maximum absolute atomic E-state index is 15.4. The highest BCUT2D eigenvalue weighted by molar-refractivity contribution is 6.45. The standard InChI is InChI=1S/C61H67N3O4/c1-9-12-15-16-17-20-30-68-50-34-47-52-44(58-62-48-32-38(22-18-13-10-2)39(23-19-14-11-3)33-49(48)63(58)60(47)66)28-26-42-51-37(8)31-46-53-45(29-27-43(55(51)53)54(50)56(42)52)59(65)64(61(46)67)57-40(35(4)5)24-21-25-41(57)36(6)7/h21,24-29,31-36H,9-20,22-23,30H2,1-8H3. The minimum absolute atomic E-state index is 0.0900. The van der Waals surface area contributed by atoms with Crippen LogP contribution in [0.25, 0.3) is 70.5 Å². The van der Waals surface area contributed by atoms with Gasteiger partial charge in [0.05, 0.1) is 28.7 Å². The van der Waals surface area contributed by atoms with E-state index in [4.69, 9.17) is 9.72 Å². The first kappa shape index (κ1) is 45.7. The number of imidazole rings is 1. The van der Waals surface area contributed by atoms with Crippen LogP contribution in [0.2, 0.25) is 0 Å². The number of pyridine rings is 1. The molecule has 0 spiro atoms. The fourth-order valence-electron chi connectivity index (χ4n) is 11.8. The number of benzene rings is 7. The Bertz CT molecular complexity index is 3460. The van der Waals surface area contributed by atoms with E-state index in [2.05, 4.69) is 85.7 Å². The van der Waals surface area contributed by atoms with E-state index in [9.17, 15) is 0 Å². The molecule has 7 heteroatoms. The fourth-order valence-corrected chi connectivity index (χ4v) is 11.8. The Balaban J connectivity index is 1.24. The lowest BCUT2D eigenvalue weighted by Gasteiger charge is -2.33. The van der Waals surface area contributed by atoms with Crippen molar-refractivity contribution in [3.8, 4) is 5.75 Å². The molecule has 0 atom stereocenters. The van der Waals surface area contributed by atoms with Crippen molar-refractivity contribution in [2.75, 3.05) is 11.5 Å². The SMILES string of the molecule is CCCCCCCCOc1cc2c(=O)n3c4cc(CCCCC)c(CCCCC)cc4nc3c3ccc4c5c(C)cc6c7c(ccc(c1c4c23)c75)C(=O)N(c1c(C(C)C)cccc1C(C)C)C6=O. The molecular formula is C61H67N3O4. The molecule has 0 N–H and O–H groups in total. The van der Waals surface area contributed by atoms with Gasteiger partial charge >= 0.3 is 0 Å². The number of fused-ring (bicyclic) bond motifs is 6. The summed E-state index contributed by atoms with van der Waals surface area (Å²) in [7, 11) is 0. The van der Waals surface area contributed by atoms with Crippen molar-refractivity contribution in [3.63, 3.8) is 0 Å². The number of anilines is 1. The average Bonchev–Trinajstić information content (AvgIpc) is 3.70. The van der Waals surface area contributed by atoms with Crippen LogP contribution in [0.15, 0.2) is 71.5 Å². The molecule has 68 heavy (non-hydrogen) atoms. The Labute approximate surface area is 400 Å². The molecule has 1 aliphatic heterocycles. The third kappa shape index (κ3) is 7.29. The molecule has 1 aliphatic rings. The van der Waals surface area contributed by atoms with Crippen molar-refractivity contribution in [2.24, 2.45) is 0 Å². The summed E-state index contributed by atoms with van der Waals surface area (Å²) in [5, 5.41) is 8.74. The van der Waals surface area contributed by atoms with E-state index in [1.165, 1.54) is 54.6 Å². The van der Waals surface area contributed by atoms with Gasteiger partial charge in [0, 0.05) is 38.1 Å². The summed E-state index contributed by atoms with van der Waals surface area (Å²) in [6, 6.07) is 23.0. The van der Waals surface area contributed by atoms with Crippen molar-refractivity contribution in [1.29, 1.82) is 0 Å². The molecular weight excluding hydrogens is 839 g/mol. The molecule has 3 heterocycles. The first-order chi connectivity index (χ1) is 33.0. The van der Waals surface area contributed by atoms with Crippen molar-refractivity contribution in [2.45, 2.75) is 157 Å². The molecule has 7 aromatic carbocycles. The van der Waals surface area contributed by atoms with Crippen LogP contribution in [0.1, 0.15) is 186 Å². The van der Waals surface area contributed by atoms with Gasteiger partial charge in [-0.1, -0.05) is 137 Å². The Hall–Kier alpha value is -6.08. The number of hydrogen-bond donors (Lipinski definition) is 0. The molecule has 0 fully saturated rings. The minimum atomic E-state index is -0.305. The van der Waals surface area contributed by atoms with Gasteiger partial charge in [-0.15, -0.1) is 0 Å². The lowest BCUT2D eigenvalue weighted by atomic mass is 9.81. The number of imide groups is 1. The van der Waals surface area contributed by atoms with Crippen LogP contribution in [-0.4, -0.2) is 27.8 Å². The van der Waals surface area contributed by atoms with Gasteiger partial charge < -0.3 is 4.74 Å². The molecule has 0 aliphatic carbocycles. The zero-order valence-corrected chi connectivity index (χ0v) is 41.6. The Morgan fingerprint density at radius 3 is 1.84 bits per heavy atom. The lowest BCUT2D eigenvalue weighted by Crippen LogP contribution is -2.42. The number of aryl methyl sites for hydroxylation is 3. The van der Waals surface area contributed by atoms with E-state index in [-0.39, 0.29) is 29.2 Å². The number of rotatable bonds is 19. The molecule has 10 rings (SSSR count). The summed E-state index contributed by atoms with van der Waals surface area (Å²) >= 11 is 0. The van der Waals surface area contributed by atoms with Crippen LogP contribution in [0.3, 0.4) is 0 Å². The summed E-state index contributed by atoms with van der Waals surface area (Å²) < 4.78 is 8.79. The van der Waals surface area contributed by atoms with Gasteiger partial charge in [0.15, 0.2) is 0 Å². The van der Waals surface area contributed by atoms with Crippen LogP contribution in [0.4, 0.5) is 5.69 Å². The van der Waals surface area contributed by atoms with E-state index >= 15 is 14.4 Å². The molecule has 0 bridgehead atoms. The highest BCUT2D eigenvalue weighted by atomic mass is 16.5. The maximum Gasteiger partial charge on any atom is 0.266 e. The molecule has 0 saturated carbocycles. The van der Waals surface area contributed by atoms with Gasteiger partial charge in [0.2, 0.25) is 0 Å². The minimum Gasteiger partial charge on any atom is -0.493 e. The molecule has 2 aromatic heterocycles. The molecule has 2 amide bonds. The van der Waals surface area contributed by atoms with Gasteiger partial charge in [-0.25, -0.2) is 9.88 Å². The number of carbonyl (C=O) groups excluding carboxylic acids is 2. The van der Waals surface area contributed by atoms with Gasteiger partial charge in [0.1, 0.15) is 11.4 Å². The number of amides is 2. The number of para-hydroxylation sites is 1. The van der Waals surface area contributed by atoms with Crippen LogP contribution in [0.5, 0.6) is 5.75 Å². The van der Waals surface area contributed by atoms with Gasteiger partial charge in [-0.2, -0.15) is 0 Å². The summed E-state index contributed by atoms with van der Waals surface area (Å²) in [5.41, 5.74) is 9.63. The smallest absolute Gasteiger partial charge is 0.266 e. The van der Waals surface area contributed by atoms with E-state index in [1.54, 1.807) is 0 Å². The predicted molar refractivity (Wildman–Crippen MR) is 285 cm³/mol. The second-order valence-electron chi connectivity index (χ2n) is 20.5. The predicted octanol–water partition coefficient (Wildman–Crippen LogP) is 16.0. The second kappa shape index (κ2) is 18.4. The molecule has 0 saturated heterocycles. The van der Waals surface area contributed by atoms with Crippen LogP contribution in [0, 0.1) is 6.92 Å². The van der Waals surface area contributed by atoms with Crippen molar-refractivity contribution >= 4 is 88.0 Å². The molecule has 9 aromatic rings. The first-order valence-electron chi connectivity index (χ1n) is 26.0. The first-order valence-corrected chi connectivity index (χ1v) is 26.0. The lowest BCUT2D eigenvalue weighted by molar-refractivity contribution is 0.0892. The van der Waals surface area contributed by atoms with Crippen molar-refractivity contribution in [3.05, 3.63) is 116 Å². The van der Waals surface area contributed by atoms with Crippen LogP contribution >= 0.6 is 0 Å². The number of ether oxygens (including phenoxy) is 1. The van der Waals surface area contributed by atoms with E-state index < -0.39 is 0 Å². The molecule has 0 radical (unpaired) electrons. The zero-order chi connectivity index (χ0) is 47.5. The topological polar surface area (TPSA) is 81.0 Å². The van der Waals surface area contributed by atoms with E-state index in [0.29, 0.717) is 45.6 Å². The van der Waals surface area contributed by atoms with Gasteiger partial charge in [0.25, 0.3) is 17.4 Å². The number of aromatic nitrogens is 2. The van der Waals surface area contributed by atoms with Crippen molar-refractivity contribution < 1.29 is 14.3 Å². The second-order valence-corrected chi connectivity index (χ2v) is 20.5. The maximum atomic E-state index is 15.4. The summed E-state index contributed by atoms with van der Waals surface area (Å²) in [5.74, 6) is 0.249. The third-order valence-electron chi connectivity index (χ3n) is 15.2. The molecule has 0 unspecified atom stereocenters. The summed E-state index contributed by atoms with van der Waals surface area (Å²) in [6.07, 6.45) is 15.7. The Kier molecular flexibility index (Phi) is 12.4. The highest BCUT2D eigenvalue weighted by Gasteiger charge is 2.39. The number of carbonyl (C=O) groups is 2. The summed E-state index contributed by atoms with van der Waals surface area (Å²) in [4.78, 5) is 52.5. The van der Waals surface area contributed by atoms with Crippen LogP contribution < -0.4 is 15.2 Å².